The summed E-state index contributed by atoms with van der Waals surface area (Å²) in [6.07, 6.45) is 0. The van der Waals surface area contributed by atoms with Crippen LogP contribution in [0.1, 0.15) is 17.3 Å². The molecule has 0 aromatic heterocycles. The molecule has 7 nitrogen and oxygen atoms in total. The van der Waals surface area contributed by atoms with Crippen molar-refractivity contribution in [2.45, 2.75) is 13.0 Å². The van der Waals surface area contributed by atoms with E-state index in [0.717, 1.165) is 18.8 Å². The fraction of sp³-hybridized carbons (Fsp3) is 0.364. The Morgan fingerprint density at radius 3 is 2.07 bits per heavy atom. The number of carbonyl (C=O) groups excluding carboxylic acids is 2. The van der Waals surface area contributed by atoms with Gasteiger partial charge in [-0.15, -0.1) is 0 Å². The first-order valence-electron chi connectivity index (χ1n) is 9.64. The molecule has 2 aromatic carbocycles. The molecular formula is C22H27N3O4. The zero-order valence-corrected chi connectivity index (χ0v) is 17.1. The van der Waals surface area contributed by atoms with Crippen LogP contribution in [0.5, 0.6) is 11.5 Å². The number of piperazine rings is 1. The lowest BCUT2D eigenvalue weighted by molar-refractivity contribution is -0.133. The van der Waals surface area contributed by atoms with E-state index in [1.54, 1.807) is 30.0 Å². The van der Waals surface area contributed by atoms with Crippen molar-refractivity contribution in [3.8, 4) is 11.5 Å². The lowest BCUT2D eigenvalue weighted by Crippen LogP contribution is -2.54. The summed E-state index contributed by atoms with van der Waals surface area (Å²) in [6, 6.07) is 14.5. The monoisotopic (exact) mass is 397 g/mol. The molecule has 1 fully saturated rings. The molecule has 0 aliphatic carbocycles. The summed E-state index contributed by atoms with van der Waals surface area (Å²) >= 11 is 0. The van der Waals surface area contributed by atoms with Crippen molar-refractivity contribution in [3.63, 3.8) is 0 Å². The molecule has 1 N–H and O–H groups in total. The highest BCUT2D eigenvalue weighted by molar-refractivity contribution is 5.98. The second-order valence-electron chi connectivity index (χ2n) is 6.94. The highest BCUT2D eigenvalue weighted by atomic mass is 16.5. The zero-order chi connectivity index (χ0) is 20.8. The van der Waals surface area contributed by atoms with Gasteiger partial charge in [0.05, 0.1) is 14.2 Å². The lowest BCUT2D eigenvalue weighted by atomic mass is 10.1. The average Bonchev–Trinajstić information content (AvgIpc) is 2.78. The maximum atomic E-state index is 12.8. The number of rotatable bonds is 6. The summed E-state index contributed by atoms with van der Waals surface area (Å²) in [5.41, 5.74) is 1.54. The van der Waals surface area contributed by atoms with Crippen molar-refractivity contribution in [1.29, 1.82) is 0 Å². The molecule has 2 amide bonds. The van der Waals surface area contributed by atoms with E-state index in [1.807, 2.05) is 18.2 Å². The van der Waals surface area contributed by atoms with Crippen LogP contribution >= 0.6 is 0 Å². The number of hydrogen-bond donors (Lipinski definition) is 1. The van der Waals surface area contributed by atoms with Crippen LogP contribution in [0.4, 0.5) is 5.69 Å². The molecule has 1 aliphatic rings. The molecule has 3 rings (SSSR count). The molecule has 0 bridgehead atoms. The maximum Gasteiger partial charge on any atom is 0.252 e. The molecule has 0 unspecified atom stereocenters. The number of ether oxygens (including phenoxy) is 2. The third-order valence-electron chi connectivity index (χ3n) is 5.04. The maximum absolute atomic E-state index is 12.8. The number of methoxy groups -OCH3 is 2. The van der Waals surface area contributed by atoms with Crippen LogP contribution in [0.25, 0.3) is 0 Å². The fourth-order valence-electron chi connectivity index (χ4n) is 3.38. The molecule has 1 saturated heterocycles. The summed E-state index contributed by atoms with van der Waals surface area (Å²) in [4.78, 5) is 29.5. The Bertz CT molecular complexity index is 826. The second kappa shape index (κ2) is 9.32. The number of nitrogens with one attached hydrogen (secondary N) is 1. The topological polar surface area (TPSA) is 71.1 Å². The van der Waals surface area contributed by atoms with E-state index in [1.165, 1.54) is 14.2 Å². The highest BCUT2D eigenvalue weighted by Crippen LogP contribution is 2.22. The van der Waals surface area contributed by atoms with E-state index in [-0.39, 0.29) is 11.8 Å². The van der Waals surface area contributed by atoms with E-state index < -0.39 is 6.04 Å². The number of nitrogens with zero attached hydrogens (tertiary/aromatic N) is 2. The van der Waals surface area contributed by atoms with Crippen molar-refractivity contribution in [2.75, 3.05) is 45.3 Å². The van der Waals surface area contributed by atoms with Gasteiger partial charge in [-0.2, -0.15) is 0 Å². The van der Waals surface area contributed by atoms with Gasteiger partial charge in [-0.05, 0) is 31.2 Å². The number of hydrogen-bond acceptors (Lipinski definition) is 5. The summed E-state index contributed by atoms with van der Waals surface area (Å²) in [6.45, 7) is 4.50. The first-order valence-corrected chi connectivity index (χ1v) is 9.64. The summed E-state index contributed by atoms with van der Waals surface area (Å²) in [7, 11) is 3.05. The van der Waals surface area contributed by atoms with Gasteiger partial charge in [0.15, 0.2) is 0 Å². The van der Waals surface area contributed by atoms with Crippen LogP contribution in [0.15, 0.2) is 48.5 Å². The van der Waals surface area contributed by atoms with Crippen LogP contribution in [0.3, 0.4) is 0 Å². The van der Waals surface area contributed by atoms with E-state index in [2.05, 4.69) is 22.3 Å². The average molecular weight is 397 g/mol. The van der Waals surface area contributed by atoms with Crippen molar-refractivity contribution >= 4 is 17.5 Å². The molecule has 0 spiro atoms. The Labute approximate surface area is 171 Å². The Morgan fingerprint density at radius 2 is 1.52 bits per heavy atom. The van der Waals surface area contributed by atoms with Crippen LogP contribution in [-0.2, 0) is 4.79 Å². The first-order chi connectivity index (χ1) is 14.0. The Kier molecular flexibility index (Phi) is 6.59. The van der Waals surface area contributed by atoms with Gasteiger partial charge in [0.2, 0.25) is 5.91 Å². The molecule has 29 heavy (non-hydrogen) atoms. The molecule has 1 aliphatic heterocycles. The number of anilines is 1. The minimum atomic E-state index is -0.622. The van der Waals surface area contributed by atoms with Gasteiger partial charge >= 0.3 is 0 Å². The lowest BCUT2D eigenvalue weighted by Gasteiger charge is -2.37. The molecule has 154 valence electrons. The van der Waals surface area contributed by atoms with Gasteiger partial charge in [0.1, 0.15) is 17.5 Å². The van der Waals surface area contributed by atoms with Crippen LogP contribution < -0.4 is 19.7 Å². The van der Waals surface area contributed by atoms with Crippen LogP contribution in [-0.4, -0.2) is 63.2 Å². The predicted octanol–water partition coefficient (Wildman–Crippen LogP) is 2.17. The zero-order valence-electron chi connectivity index (χ0n) is 17.1. The molecule has 7 heteroatoms. The molecule has 0 saturated carbocycles. The fourth-order valence-corrected chi connectivity index (χ4v) is 3.38. The van der Waals surface area contributed by atoms with E-state index in [9.17, 15) is 9.59 Å². The van der Waals surface area contributed by atoms with Gasteiger partial charge in [0, 0.05) is 43.5 Å². The standard InChI is InChI=1S/C22H27N3O4/c1-16(23-21(26)17-13-19(28-2)15-20(14-17)29-3)22(27)25-11-9-24(10-12-25)18-7-5-4-6-8-18/h4-8,13-16H,9-12H2,1-3H3,(H,23,26)/t16-/m0/s1. The van der Waals surface area contributed by atoms with E-state index >= 15 is 0 Å². The van der Waals surface area contributed by atoms with E-state index in [0.29, 0.717) is 30.2 Å². The Balaban J connectivity index is 1.57. The predicted molar refractivity (Wildman–Crippen MR) is 112 cm³/mol. The summed E-state index contributed by atoms with van der Waals surface area (Å²) in [5, 5.41) is 2.78. The summed E-state index contributed by atoms with van der Waals surface area (Å²) in [5.74, 6) is 0.614. The number of benzene rings is 2. The van der Waals surface area contributed by atoms with Gasteiger partial charge in [-0.25, -0.2) is 0 Å². The molecule has 1 atom stereocenters. The van der Waals surface area contributed by atoms with Gasteiger partial charge in [-0.1, -0.05) is 18.2 Å². The minimum Gasteiger partial charge on any atom is -0.497 e. The van der Waals surface area contributed by atoms with Crippen LogP contribution in [0.2, 0.25) is 0 Å². The van der Waals surface area contributed by atoms with Gasteiger partial charge in [-0.3, -0.25) is 9.59 Å². The highest BCUT2D eigenvalue weighted by Gasteiger charge is 2.26. The SMILES string of the molecule is COc1cc(OC)cc(C(=O)N[C@@H](C)C(=O)N2CCN(c3ccccc3)CC2)c1. The molecular weight excluding hydrogens is 370 g/mol. The third-order valence-corrected chi connectivity index (χ3v) is 5.04. The second-order valence-corrected chi connectivity index (χ2v) is 6.94. The van der Waals surface area contributed by atoms with Crippen molar-refractivity contribution in [1.82, 2.24) is 10.2 Å². The van der Waals surface area contributed by atoms with Gasteiger partial charge in [0.25, 0.3) is 5.91 Å². The van der Waals surface area contributed by atoms with Gasteiger partial charge < -0.3 is 24.6 Å². The quantitative estimate of drug-likeness (QED) is 0.809. The largest absolute Gasteiger partial charge is 0.497 e. The summed E-state index contributed by atoms with van der Waals surface area (Å²) < 4.78 is 10.4. The first kappa shape index (κ1) is 20.5. The van der Waals surface area contributed by atoms with Crippen LogP contribution in [0, 0.1) is 0 Å². The number of para-hydroxylation sites is 1. The number of amides is 2. The van der Waals surface area contributed by atoms with Crippen molar-refractivity contribution in [3.05, 3.63) is 54.1 Å². The molecule has 1 heterocycles. The minimum absolute atomic E-state index is 0.0825. The number of carbonyl (C=O) groups is 2. The van der Waals surface area contributed by atoms with E-state index in [4.69, 9.17) is 9.47 Å². The third kappa shape index (κ3) is 4.99. The van der Waals surface area contributed by atoms with Crippen molar-refractivity contribution < 1.29 is 19.1 Å². The normalized spacial score (nSPS) is 14.9. The molecule has 0 radical (unpaired) electrons. The Hall–Kier alpha value is -3.22. The van der Waals surface area contributed by atoms with Crippen molar-refractivity contribution in [2.24, 2.45) is 0 Å². The smallest absolute Gasteiger partial charge is 0.252 e. The Morgan fingerprint density at radius 1 is 0.931 bits per heavy atom. The molecule has 2 aromatic rings.